The standard InChI is InChI=1S/C10H8Cl5NO/c11-5-1-2-6(7(12)3-5)8(17)4-9(16)10(13,14)15/h1-3,9H,4,16H2/p+1/t9-/m0/s1. The van der Waals surface area contributed by atoms with Crippen LogP contribution in [0.15, 0.2) is 18.2 Å². The SMILES string of the molecule is [NH3+][C@@H](CC(=O)c1ccc(Cl)cc1Cl)C(Cl)(Cl)Cl. The van der Waals surface area contributed by atoms with E-state index < -0.39 is 9.83 Å². The van der Waals surface area contributed by atoms with Gasteiger partial charge in [-0.15, -0.1) is 0 Å². The van der Waals surface area contributed by atoms with E-state index in [0.717, 1.165) is 0 Å². The van der Waals surface area contributed by atoms with Crippen LogP contribution in [0, 0.1) is 0 Å². The molecule has 0 aromatic heterocycles. The molecule has 0 radical (unpaired) electrons. The second-order valence-corrected chi connectivity index (χ2v) is 6.70. The van der Waals surface area contributed by atoms with Crippen molar-refractivity contribution in [1.29, 1.82) is 0 Å². The maximum atomic E-state index is 11.9. The first-order valence-corrected chi connectivity index (χ1v) is 6.49. The Balaban J connectivity index is 2.84. The second-order valence-electron chi connectivity index (χ2n) is 3.49. The molecule has 3 N–H and O–H groups in total. The van der Waals surface area contributed by atoms with Gasteiger partial charge in [0, 0.05) is 10.6 Å². The summed E-state index contributed by atoms with van der Waals surface area (Å²) >= 11 is 28.6. The Bertz CT molecular complexity index is 429. The van der Waals surface area contributed by atoms with Crippen molar-refractivity contribution in [2.24, 2.45) is 0 Å². The molecule has 0 saturated heterocycles. The Hall–Kier alpha value is 0.300. The summed E-state index contributed by atoms with van der Waals surface area (Å²) in [5.41, 5.74) is 3.98. The number of halogens is 5. The molecule has 7 heteroatoms. The minimum absolute atomic E-state index is 0.00213. The summed E-state index contributed by atoms with van der Waals surface area (Å²) in [5.74, 6) is -0.238. The van der Waals surface area contributed by atoms with Crippen molar-refractivity contribution >= 4 is 63.8 Å². The molecule has 17 heavy (non-hydrogen) atoms. The quantitative estimate of drug-likeness (QED) is 0.666. The Morgan fingerprint density at radius 2 is 1.88 bits per heavy atom. The molecule has 1 aromatic carbocycles. The number of rotatable bonds is 3. The number of hydrogen-bond acceptors (Lipinski definition) is 1. The molecule has 0 spiro atoms. The molecule has 1 atom stereocenters. The van der Waals surface area contributed by atoms with E-state index >= 15 is 0 Å². The smallest absolute Gasteiger partial charge is 0.242 e. The highest BCUT2D eigenvalue weighted by molar-refractivity contribution is 6.68. The fourth-order valence-corrected chi connectivity index (χ4v) is 1.91. The van der Waals surface area contributed by atoms with Gasteiger partial charge >= 0.3 is 0 Å². The van der Waals surface area contributed by atoms with Crippen molar-refractivity contribution in [2.75, 3.05) is 0 Å². The Labute approximate surface area is 124 Å². The first kappa shape index (κ1) is 15.4. The zero-order chi connectivity index (χ0) is 13.2. The lowest BCUT2D eigenvalue weighted by Crippen LogP contribution is -2.67. The van der Waals surface area contributed by atoms with E-state index in [9.17, 15) is 4.79 Å². The maximum Gasteiger partial charge on any atom is 0.242 e. The van der Waals surface area contributed by atoms with Crippen LogP contribution in [0.25, 0.3) is 0 Å². The summed E-state index contributed by atoms with van der Waals surface area (Å²) in [6.45, 7) is 0. The molecule has 0 saturated carbocycles. The fraction of sp³-hybridized carbons (Fsp3) is 0.300. The number of quaternary nitrogens is 1. The molecule has 1 rings (SSSR count). The van der Waals surface area contributed by atoms with Crippen molar-refractivity contribution in [3.63, 3.8) is 0 Å². The molecule has 0 amide bonds. The van der Waals surface area contributed by atoms with Crippen LogP contribution in [-0.4, -0.2) is 15.6 Å². The number of carbonyl (C=O) groups excluding carboxylic acids is 1. The lowest BCUT2D eigenvalue weighted by molar-refractivity contribution is -0.416. The van der Waals surface area contributed by atoms with Gasteiger partial charge < -0.3 is 5.73 Å². The van der Waals surface area contributed by atoms with Gasteiger partial charge in [0.2, 0.25) is 3.79 Å². The number of carbonyl (C=O) groups is 1. The molecule has 94 valence electrons. The van der Waals surface area contributed by atoms with Gasteiger partial charge in [-0.2, -0.15) is 0 Å². The van der Waals surface area contributed by atoms with Gasteiger partial charge in [-0.05, 0) is 18.2 Å². The second kappa shape index (κ2) is 5.96. The van der Waals surface area contributed by atoms with Crippen LogP contribution >= 0.6 is 58.0 Å². The fourth-order valence-electron chi connectivity index (χ4n) is 1.17. The van der Waals surface area contributed by atoms with E-state index in [0.29, 0.717) is 10.6 Å². The lowest BCUT2D eigenvalue weighted by Gasteiger charge is -2.16. The molecule has 1 aromatic rings. The van der Waals surface area contributed by atoms with Crippen molar-refractivity contribution in [3.05, 3.63) is 33.8 Å². The number of hydrogen-bond donors (Lipinski definition) is 1. The minimum Gasteiger partial charge on any atom is -0.351 e. The zero-order valence-corrected chi connectivity index (χ0v) is 12.3. The van der Waals surface area contributed by atoms with E-state index in [2.05, 4.69) is 5.73 Å². The van der Waals surface area contributed by atoms with Crippen LogP contribution in [0.2, 0.25) is 10.0 Å². The molecular weight excluding hydrogens is 327 g/mol. The van der Waals surface area contributed by atoms with E-state index in [1.165, 1.54) is 12.1 Å². The summed E-state index contributed by atoms with van der Waals surface area (Å²) in [6, 6.07) is 3.96. The third-order valence-electron chi connectivity index (χ3n) is 2.13. The molecule has 0 fully saturated rings. The van der Waals surface area contributed by atoms with Gasteiger partial charge in [0.25, 0.3) is 0 Å². The van der Waals surface area contributed by atoms with Gasteiger partial charge in [-0.25, -0.2) is 0 Å². The topological polar surface area (TPSA) is 44.7 Å². The summed E-state index contributed by atoms with van der Waals surface area (Å²) in [4.78, 5) is 11.9. The Morgan fingerprint density at radius 1 is 1.29 bits per heavy atom. The average molecular weight is 336 g/mol. The third-order valence-corrected chi connectivity index (χ3v) is 3.60. The Kier molecular flexibility index (Phi) is 5.39. The normalized spacial score (nSPS) is 13.5. The highest BCUT2D eigenvalue weighted by Gasteiger charge is 2.35. The molecule has 0 unspecified atom stereocenters. The van der Waals surface area contributed by atoms with Gasteiger partial charge in [-0.1, -0.05) is 58.0 Å². The van der Waals surface area contributed by atoms with E-state index in [1.54, 1.807) is 6.07 Å². The summed E-state index contributed by atoms with van der Waals surface area (Å²) in [6.07, 6.45) is -0.00213. The first-order valence-electron chi connectivity index (χ1n) is 4.60. The highest BCUT2D eigenvalue weighted by Crippen LogP contribution is 2.31. The van der Waals surface area contributed by atoms with Crippen LogP contribution in [0.4, 0.5) is 0 Å². The minimum atomic E-state index is -1.57. The molecule has 2 nitrogen and oxygen atoms in total. The van der Waals surface area contributed by atoms with Gasteiger partial charge in [-0.3, -0.25) is 4.79 Å². The van der Waals surface area contributed by atoms with Crippen LogP contribution in [-0.2, 0) is 0 Å². The van der Waals surface area contributed by atoms with Crippen molar-refractivity contribution < 1.29 is 10.5 Å². The summed E-state index contributed by atoms with van der Waals surface area (Å²) < 4.78 is -1.57. The van der Waals surface area contributed by atoms with E-state index in [4.69, 9.17) is 58.0 Å². The van der Waals surface area contributed by atoms with Crippen LogP contribution < -0.4 is 5.73 Å². The lowest BCUT2D eigenvalue weighted by atomic mass is 10.0. The molecular formula is C10H9Cl5NO+. The monoisotopic (exact) mass is 334 g/mol. The number of benzene rings is 1. The number of ketones is 1. The van der Waals surface area contributed by atoms with Gasteiger partial charge in [0.1, 0.15) is 6.04 Å². The predicted molar refractivity (Wildman–Crippen MR) is 72.4 cm³/mol. The predicted octanol–water partition coefficient (Wildman–Crippen LogP) is 3.55. The maximum absolute atomic E-state index is 11.9. The highest BCUT2D eigenvalue weighted by atomic mass is 35.6. The average Bonchev–Trinajstić information content (AvgIpc) is 2.15. The third kappa shape index (κ3) is 4.47. The van der Waals surface area contributed by atoms with Crippen molar-refractivity contribution in [1.82, 2.24) is 0 Å². The molecule has 0 heterocycles. The molecule has 0 aliphatic rings. The molecule has 0 aliphatic heterocycles. The van der Waals surface area contributed by atoms with Crippen LogP contribution in [0.1, 0.15) is 16.8 Å². The van der Waals surface area contributed by atoms with E-state index in [1.807, 2.05) is 0 Å². The molecule has 0 aliphatic carbocycles. The number of alkyl halides is 3. The van der Waals surface area contributed by atoms with Gasteiger partial charge in [0.15, 0.2) is 5.78 Å². The number of Topliss-reactive ketones (excluding diaryl/α,β-unsaturated/α-hetero) is 1. The molecule has 0 bridgehead atoms. The van der Waals surface area contributed by atoms with Gasteiger partial charge in [0.05, 0.1) is 11.4 Å². The van der Waals surface area contributed by atoms with Crippen LogP contribution in [0.5, 0.6) is 0 Å². The summed E-state index contributed by atoms with van der Waals surface area (Å²) in [5, 5.41) is 0.734. The van der Waals surface area contributed by atoms with E-state index in [-0.39, 0.29) is 17.2 Å². The first-order chi connectivity index (χ1) is 7.71. The Morgan fingerprint density at radius 3 is 2.35 bits per heavy atom. The van der Waals surface area contributed by atoms with Crippen LogP contribution in [0.3, 0.4) is 0 Å². The zero-order valence-electron chi connectivity index (χ0n) is 8.52. The van der Waals surface area contributed by atoms with Crippen molar-refractivity contribution in [2.45, 2.75) is 16.3 Å². The summed E-state index contributed by atoms with van der Waals surface area (Å²) in [7, 11) is 0. The van der Waals surface area contributed by atoms with Crippen molar-refractivity contribution in [3.8, 4) is 0 Å². The largest absolute Gasteiger partial charge is 0.351 e.